The van der Waals surface area contributed by atoms with Crippen molar-refractivity contribution in [2.75, 3.05) is 18.7 Å². The molecule has 1 N–H and O–H groups in total. The molecule has 9 heteroatoms. The number of nitriles is 1. The molecule has 1 amide bonds. The third-order valence-corrected chi connectivity index (χ3v) is 4.85. The Kier molecular flexibility index (Phi) is 6.18. The summed E-state index contributed by atoms with van der Waals surface area (Å²) in [5.41, 5.74) is 2.16. The van der Waals surface area contributed by atoms with Crippen molar-refractivity contribution in [2.45, 2.75) is 6.92 Å². The summed E-state index contributed by atoms with van der Waals surface area (Å²) < 4.78 is 11.3. The Morgan fingerprint density at radius 2 is 2.03 bits per heavy atom. The third kappa shape index (κ3) is 4.18. The van der Waals surface area contributed by atoms with Crippen LogP contribution in [0.25, 0.3) is 6.08 Å². The molecule has 1 aliphatic heterocycles. The molecule has 0 fully saturated rings. The number of anilines is 1. The van der Waals surface area contributed by atoms with Crippen LogP contribution in [0, 0.1) is 11.3 Å². The van der Waals surface area contributed by atoms with Gasteiger partial charge in [0.1, 0.15) is 6.07 Å². The van der Waals surface area contributed by atoms with Gasteiger partial charge in [0.25, 0.3) is 5.91 Å². The number of hydrogen-bond donors (Lipinski definition) is 1. The van der Waals surface area contributed by atoms with Crippen molar-refractivity contribution in [2.24, 2.45) is 5.10 Å². The smallest absolute Gasteiger partial charge is 0.335 e. The molecule has 0 saturated heterocycles. The van der Waals surface area contributed by atoms with Crippen molar-refractivity contribution >= 4 is 45.3 Å². The minimum Gasteiger partial charge on any atom is -0.493 e. The summed E-state index contributed by atoms with van der Waals surface area (Å²) in [6.07, 6.45) is 1.67. The first-order chi connectivity index (χ1) is 14.3. The number of halogens is 1. The highest BCUT2D eigenvalue weighted by molar-refractivity contribution is 9.10. The molecule has 8 nitrogen and oxygen atoms in total. The summed E-state index contributed by atoms with van der Waals surface area (Å²) in [7, 11) is 1.48. The average Bonchev–Trinajstić information content (AvgIpc) is 3.01. The van der Waals surface area contributed by atoms with Crippen LogP contribution >= 0.6 is 15.9 Å². The minimum atomic E-state index is -1.05. The molecule has 0 unspecified atom stereocenters. The lowest BCUT2D eigenvalue weighted by atomic mass is 10.1. The summed E-state index contributed by atoms with van der Waals surface area (Å²) in [4.78, 5) is 23.9. The molecule has 30 heavy (non-hydrogen) atoms. The second-order valence-electron chi connectivity index (χ2n) is 6.19. The fourth-order valence-electron chi connectivity index (χ4n) is 2.84. The molecule has 1 aliphatic rings. The Labute approximate surface area is 180 Å². The van der Waals surface area contributed by atoms with Crippen molar-refractivity contribution in [3.63, 3.8) is 0 Å². The largest absolute Gasteiger partial charge is 0.493 e. The molecule has 0 bridgehead atoms. The highest BCUT2D eigenvalue weighted by Crippen LogP contribution is 2.37. The number of carbonyl (C=O) groups excluding carboxylic acids is 1. The van der Waals surface area contributed by atoms with Gasteiger partial charge in [-0.2, -0.15) is 15.4 Å². The number of rotatable bonds is 6. The molecule has 0 saturated carbocycles. The van der Waals surface area contributed by atoms with Gasteiger partial charge in [-0.15, -0.1) is 0 Å². The molecular formula is C21H16BrN3O5. The summed E-state index contributed by atoms with van der Waals surface area (Å²) in [6, 6.07) is 11.2. The molecule has 0 atom stereocenters. The number of amides is 1. The lowest BCUT2D eigenvalue weighted by molar-refractivity contribution is -0.114. The summed E-state index contributed by atoms with van der Waals surface area (Å²) in [5, 5.41) is 23.3. The zero-order valence-electron chi connectivity index (χ0n) is 16.0. The normalized spacial score (nSPS) is 14.5. The highest BCUT2D eigenvalue weighted by atomic mass is 79.9. The van der Waals surface area contributed by atoms with Crippen LogP contribution in [0.2, 0.25) is 0 Å². The molecule has 2 aromatic rings. The van der Waals surface area contributed by atoms with E-state index in [4.69, 9.17) is 19.8 Å². The van der Waals surface area contributed by atoms with Gasteiger partial charge in [-0.25, -0.2) is 4.79 Å². The van der Waals surface area contributed by atoms with E-state index in [1.165, 1.54) is 36.4 Å². The van der Waals surface area contributed by atoms with Crippen LogP contribution in [0.15, 0.2) is 51.5 Å². The standard InChI is InChI=1S/C21H16BrN3O5/c1-12-16(9-13-10-17(22)19(30-8-7-23)18(11-13)29-2)20(26)25(24-12)15-5-3-14(4-6-15)21(27)28/h3-6,9-11H,8H2,1-2H3,(H,27,28)/b16-9-. The number of methoxy groups -OCH3 is 1. The predicted octanol–water partition coefficient (Wildman–Crippen LogP) is 3.86. The first-order valence-corrected chi connectivity index (χ1v) is 9.47. The van der Waals surface area contributed by atoms with E-state index in [2.05, 4.69) is 21.0 Å². The van der Waals surface area contributed by atoms with Gasteiger partial charge in [0, 0.05) is 0 Å². The van der Waals surface area contributed by atoms with Crippen molar-refractivity contribution in [1.29, 1.82) is 5.26 Å². The summed E-state index contributed by atoms with van der Waals surface area (Å²) in [6.45, 7) is 1.58. The van der Waals surface area contributed by atoms with E-state index in [9.17, 15) is 9.59 Å². The van der Waals surface area contributed by atoms with E-state index < -0.39 is 5.97 Å². The Hall–Kier alpha value is -3.64. The minimum absolute atomic E-state index is 0.123. The number of benzene rings is 2. The third-order valence-electron chi connectivity index (χ3n) is 4.27. The molecule has 152 valence electrons. The molecule has 0 radical (unpaired) electrons. The van der Waals surface area contributed by atoms with Crippen LogP contribution in [0.1, 0.15) is 22.8 Å². The van der Waals surface area contributed by atoms with Gasteiger partial charge in [-0.3, -0.25) is 4.79 Å². The molecular weight excluding hydrogens is 454 g/mol. The lowest BCUT2D eigenvalue weighted by Gasteiger charge is -2.13. The molecule has 0 spiro atoms. The fourth-order valence-corrected chi connectivity index (χ4v) is 3.41. The number of hydrazone groups is 1. The van der Waals surface area contributed by atoms with Crippen LogP contribution < -0.4 is 14.5 Å². The maximum absolute atomic E-state index is 12.9. The fraction of sp³-hybridized carbons (Fsp3) is 0.143. The number of aromatic carboxylic acids is 1. The summed E-state index contributed by atoms with van der Waals surface area (Å²) >= 11 is 3.40. The van der Waals surface area contributed by atoms with Gasteiger partial charge in [-0.05, 0) is 70.9 Å². The van der Waals surface area contributed by atoms with Gasteiger partial charge < -0.3 is 14.6 Å². The van der Waals surface area contributed by atoms with E-state index in [0.717, 1.165) is 0 Å². The molecule has 1 heterocycles. The predicted molar refractivity (Wildman–Crippen MR) is 114 cm³/mol. The zero-order chi connectivity index (χ0) is 21.8. The average molecular weight is 470 g/mol. The summed E-state index contributed by atoms with van der Waals surface area (Å²) in [5.74, 6) is -0.580. The van der Waals surface area contributed by atoms with Gasteiger partial charge in [0.15, 0.2) is 18.1 Å². The molecule has 0 aromatic heterocycles. The Balaban J connectivity index is 1.92. The number of carbonyl (C=O) groups is 2. The maximum Gasteiger partial charge on any atom is 0.335 e. The zero-order valence-corrected chi connectivity index (χ0v) is 17.6. The topological polar surface area (TPSA) is 112 Å². The van der Waals surface area contributed by atoms with Gasteiger partial charge >= 0.3 is 5.97 Å². The van der Waals surface area contributed by atoms with Crippen molar-refractivity contribution in [3.05, 3.63) is 57.6 Å². The van der Waals surface area contributed by atoms with Crippen LogP contribution in [-0.4, -0.2) is 36.4 Å². The number of ether oxygens (including phenoxy) is 2. The first-order valence-electron chi connectivity index (χ1n) is 8.68. The van der Waals surface area contributed by atoms with Gasteiger partial charge in [-0.1, -0.05) is 0 Å². The second-order valence-corrected chi connectivity index (χ2v) is 7.05. The van der Waals surface area contributed by atoms with E-state index in [1.807, 2.05) is 6.07 Å². The monoisotopic (exact) mass is 469 g/mol. The number of carboxylic acids is 1. The van der Waals surface area contributed by atoms with Crippen LogP contribution in [0.5, 0.6) is 11.5 Å². The number of carboxylic acid groups (broad SMARTS) is 1. The van der Waals surface area contributed by atoms with Crippen molar-refractivity contribution in [3.8, 4) is 17.6 Å². The van der Waals surface area contributed by atoms with Gasteiger partial charge in [0.05, 0.1) is 34.1 Å². The number of hydrogen-bond acceptors (Lipinski definition) is 6. The van der Waals surface area contributed by atoms with E-state index in [-0.39, 0.29) is 18.1 Å². The molecule has 2 aromatic carbocycles. The first kappa shape index (κ1) is 21.1. The Bertz CT molecular complexity index is 1120. The van der Waals surface area contributed by atoms with Crippen molar-refractivity contribution in [1.82, 2.24) is 0 Å². The van der Waals surface area contributed by atoms with E-state index in [1.54, 1.807) is 25.1 Å². The van der Waals surface area contributed by atoms with E-state index >= 15 is 0 Å². The lowest BCUT2D eigenvalue weighted by Crippen LogP contribution is -2.21. The van der Waals surface area contributed by atoms with Crippen molar-refractivity contribution < 1.29 is 24.2 Å². The SMILES string of the molecule is COc1cc(/C=C2\C(=O)N(c3ccc(C(=O)O)cc3)N=C2C)cc(Br)c1OCC#N. The van der Waals surface area contributed by atoms with Crippen LogP contribution in [0.4, 0.5) is 5.69 Å². The number of nitrogens with zero attached hydrogens (tertiary/aromatic N) is 3. The molecule has 0 aliphatic carbocycles. The van der Waals surface area contributed by atoms with E-state index in [0.29, 0.717) is 38.5 Å². The maximum atomic E-state index is 12.9. The van der Waals surface area contributed by atoms with Crippen LogP contribution in [0.3, 0.4) is 0 Å². The second kappa shape index (κ2) is 8.80. The Morgan fingerprint density at radius 1 is 1.33 bits per heavy atom. The molecule has 3 rings (SSSR count). The van der Waals surface area contributed by atoms with Crippen LogP contribution in [-0.2, 0) is 4.79 Å². The quantitative estimate of drug-likeness (QED) is 0.642. The Morgan fingerprint density at radius 3 is 2.63 bits per heavy atom. The highest BCUT2D eigenvalue weighted by Gasteiger charge is 2.29. The van der Waals surface area contributed by atoms with Gasteiger partial charge in [0.2, 0.25) is 0 Å².